The molecule has 0 bridgehead atoms. The van der Waals surface area contributed by atoms with Gasteiger partial charge in [-0.05, 0) is 0 Å². The molecule has 1 N–H and O–H groups in total. The monoisotopic (exact) mass is 214 g/mol. The summed E-state index contributed by atoms with van der Waals surface area (Å²) in [6, 6.07) is 0. The molecule has 1 aromatic heterocycles. The first-order valence-corrected chi connectivity index (χ1v) is 4.49. The van der Waals surface area contributed by atoms with E-state index < -0.39 is 11.2 Å². The normalized spacial score (nSPS) is 11.8. The van der Waals surface area contributed by atoms with E-state index in [4.69, 9.17) is 0 Å². The first-order valence-electron chi connectivity index (χ1n) is 4.49. The van der Waals surface area contributed by atoms with Crippen molar-refractivity contribution in [2.75, 3.05) is 21.1 Å². The number of hydrogen-bond donors (Lipinski definition) is 1. The van der Waals surface area contributed by atoms with Gasteiger partial charge in [0.1, 0.15) is 0 Å². The second kappa shape index (κ2) is 3.23. The summed E-state index contributed by atoms with van der Waals surface area (Å²) < 4.78 is 2.20. The van der Waals surface area contributed by atoms with E-state index in [1.54, 1.807) is 21.1 Å². The maximum Gasteiger partial charge on any atom is 0.333 e. The van der Waals surface area contributed by atoms with Gasteiger partial charge < -0.3 is 5.11 Å². The van der Waals surface area contributed by atoms with Crippen LogP contribution in [-0.2, 0) is 14.1 Å². The van der Waals surface area contributed by atoms with Gasteiger partial charge in [-0.3, -0.25) is 18.4 Å². The molecule has 84 valence electrons. The highest BCUT2D eigenvalue weighted by Crippen LogP contribution is 2.21. The highest BCUT2D eigenvalue weighted by atomic mass is 16.3. The van der Waals surface area contributed by atoms with E-state index in [-0.39, 0.29) is 16.1 Å². The number of hydrogen-bond acceptors (Lipinski definition) is 3. The van der Waals surface area contributed by atoms with Gasteiger partial charge in [0, 0.05) is 14.1 Å². The number of aromatic nitrogens is 2. The molecule has 0 aliphatic rings. The maximum atomic E-state index is 11.8. The molecule has 0 saturated heterocycles. The second-order valence-corrected chi connectivity index (χ2v) is 4.39. The van der Waals surface area contributed by atoms with Gasteiger partial charge >= 0.3 is 11.2 Å². The Morgan fingerprint density at radius 3 is 1.93 bits per heavy atom. The standard InChI is InChI=1S/C9H15N3O3/c1-10-7(13)6(12(3,4)5)8(14)11(2)9(10)15/h1-5H3/p+1. The lowest BCUT2D eigenvalue weighted by atomic mass is 10.4. The minimum absolute atomic E-state index is 0.159. The van der Waals surface area contributed by atoms with Crippen LogP contribution in [0, 0.1) is 0 Å². The minimum atomic E-state index is -0.533. The van der Waals surface area contributed by atoms with Gasteiger partial charge in [0.15, 0.2) is 0 Å². The van der Waals surface area contributed by atoms with E-state index in [0.717, 1.165) is 9.13 Å². The van der Waals surface area contributed by atoms with E-state index in [1.165, 1.54) is 14.1 Å². The molecule has 0 aliphatic carbocycles. The van der Waals surface area contributed by atoms with Crippen molar-refractivity contribution in [1.82, 2.24) is 13.6 Å². The van der Waals surface area contributed by atoms with Crippen LogP contribution in [0.5, 0.6) is 5.88 Å². The molecule has 6 nitrogen and oxygen atoms in total. The quantitative estimate of drug-likeness (QED) is 0.609. The van der Waals surface area contributed by atoms with E-state index in [0.29, 0.717) is 0 Å². The predicted molar refractivity (Wildman–Crippen MR) is 58.2 cm³/mol. The number of aromatic hydroxyl groups is 1. The van der Waals surface area contributed by atoms with Crippen LogP contribution in [0.15, 0.2) is 9.59 Å². The molecular formula is C9H16N3O3+. The first kappa shape index (κ1) is 11.5. The smallest absolute Gasteiger partial charge is 0.333 e. The molecule has 0 atom stereocenters. The molecule has 1 rings (SSSR count). The summed E-state index contributed by atoms with van der Waals surface area (Å²) in [7, 11) is 8.07. The highest BCUT2D eigenvalue weighted by Gasteiger charge is 2.26. The van der Waals surface area contributed by atoms with Crippen molar-refractivity contribution in [3.05, 3.63) is 20.8 Å². The van der Waals surface area contributed by atoms with Crippen LogP contribution < -0.4 is 15.7 Å². The third-order valence-electron chi connectivity index (χ3n) is 2.28. The van der Waals surface area contributed by atoms with Gasteiger partial charge in [0.2, 0.25) is 0 Å². The summed E-state index contributed by atoms with van der Waals surface area (Å²) >= 11 is 0. The molecule has 1 aromatic rings. The van der Waals surface area contributed by atoms with Crippen molar-refractivity contribution in [2.24, 2.45) is 14.1 Å². The van der Waals surface area contributed by atoms with Crippen LogP contribution in [-0.4, -0.2) is 35.4 Å². The maximum absolute atomic E-state index is 11.8. The molecule has 0 aliphatic heterocycles. The van der Waals surface area contributed by atoms with Crippen molar-refractivity contribution in [3.8, 4) is 5.88 Å². The Kier molecular flexibility index (Phi) is 2.48. The average Bonchev–Trinajstić information content (AvgIpc) is 2.09. The van der Waals surface area contributed by atoms with Crippen LogP contribution in [0.2, 0.25) is 0 Å². The van der Waals surface area contributed by atoms with Gasteiger partial charge in [-0.1, -0.05) is 0 Å². The van der Waals surface area contributed by atoms with Crippen LogP contribution in [0.3, 0.4) is 0 Å². The van der Waals surface area contributed by atoms with Gasteiger partial charge in [0.25, 0.3) is 11.6 Å². The molecule has 0 radical (unpaired) electrons. The third kappa shape index (κ3) is 1.68. The largest absolute Gasteiger partial charge is 0.490 e. The zero-order chi connectivity index (χ0) is 12.0. The predicted octanol–water partition coefficient (Wildman–Crippen LogP) is -1.01. The topological polar surface area (TPSA) is 64.2 Å². The Morgan fingerprint density at radius 2 is 1.53 bits per heavy atom. The lowest BCUT2D eigenvalue weighted by Gasteiger charge is -2.23. The SMILES string of the molecule is Cn1c(O)c([N+](C)(C)C)c(=O)n(C)c1=O. The third-order valence-corrected chi connectivity index (χ3v) is 2.28. The fourth-order valence-corrected chi connectivity index (χ4v) is 1.40. The summed E-state index contributed by atoms with van der Waals surface area (Å²) in [6.45, 7) is 0. The Morgan fingerprint density at radius 1 is 1.07 bits per heavy atom. The summed E-state index contributed by atoms with van der Waals surface area (Å²) in [6.07, 6.45) is 0. The van der Waals surface area contributed by atoms with Gasteiger partial charge in [-0.15, -0.1) is 0 Å². The zero-order valence-electron chi connectivity index (χ0n) is 9.61. The highest BCUT2D eigenvalue weighted by molar-refractivity contribution is 5.48. The summed E-state index contributed by atoms with van der Waals surface area (Å²) in [5, 5.41) is 9.75. The fraction of sp³-hybridized carbons (Fsp3) is 0.556. The van der Waals surface area contributed by atoms with Crippen LogP contribution in [0.4, 0.5) is 5.69 Å². The molecule has 0 aromatic carbocycles. The molecule has 0 unspecified atom stereocenters. The Labute approximate surface area is 87.2 Å². The lowest BCUT2D eigenvalue weighted by Crippen LogP contribution is -2.46. The average molecular weight is 214 g/mol. The van der Waals surface area contributed by atoms with E-state index in [1.807, 2.05) is 0 Å². The Hall–Kier alpha value is -1.56. The van der Waals surface area contributed by atoms with Crippen molar-refractivity contribution < 1.29 is 5.11 Å². The fourth-order valence-electron chi connectivity index (χ4n) is 1.40. The van der Waals surface area contributed by atoms with Crippen LogP contribution in [0.1, 0.15) is 0 Å². The summed E-state index contributed by atoms with van der Waals surface area (Å²) in [4.78, 5) is 23.2. The Balaban J connectivity index is 3.85. The van der Waals surface area contributed by atoms with Gasteiger partial charge in [0.05, 0.1) is 21.1 Å². The van der Waals surface area contributed by atoms with Crippen molar-refractivity contribution >= 4 is 5.69 Å². The summed E-state index contributed by atoms with van der Waals surface area (Å²) in [5.41, 5.74) is -0.808. The van der Waals surface area contributed by atoms with Crippen molar-refractivity contribution in [1.29, 1.82) is 0 Å². The summed E-state index contributed by atoms with van der Waals surface area (Å²) in [5.74, 6) is -0.282. The molecule has 6 heteroatoms. The molecule has 0 spiro atoms. The zero-order valence-corrected chi connectivity index (χ0v) is 9.61. The minimum Gasteiger partial charge on any atom is -0.490 e. The molecule has 15 heavy (non-hydrogen) atoms. The molecule has 0 amide bonds. The first-order chi connectivity index (χ1) is 6.68. The van der Waals surface area contributed by atoms with Gasteiger partial charge in [-0.2, -0.15) is 0 Å². The van der Waals surface area contributed by atoms with Gasteiger partial charge in [-0.25, -0.2) is 4.79 Å². The molecule has 0 fully saturated rings. The van der Waals surface area contributed by atoms with Crippen LogP contribution in [0.25, 0.3) is 0 Å². The van der Waals surface area contributed by atoms with E-state index >= 15 is 0 Å². The number of quaternary nitrogens is 1. The van der Waals surface area contributed by atoms with Crippen molar-refractivity contribution in [2.45, 2.75) is 0 Å². The van der Waals surface area contributed by atoms with Crippen LogP contribution >= 0.6 is 0 Å². The molecular weight excluding hydrogens is 198 g/mol. The second-order valence-electron chi connectivity index (χ2n) is 4.39. The van der Waals surface area contributed by atoms with E-state index in [2.05, 4.69) is 0 Å². The molecule has 1 heterocycles. The lowest BCUT2D eigenvalue weighted by molar-refractivity contribution is 0.376. The molecule has 0 saturated carbocycles. The van der Waals surface area contributed by atoms with Crippen molar-refractivity contribution in [3.63, 3.8) is 0 Å². The number of rotatable bonds is 1. The number of nitrogens with zero attached hydrogens (tertiary/aromatic N) is 3. The Bertz CT molecular complexity index is 505. The van der Waals surface area contributed by atoms with E-state index in [9.17, 15) is 14.7 Å².